The SMILES string of the molecule is CCCN(Cc1nc(-c2ccc(Cl)cc2)no1)S(C)(=O)=O. The molecule has 0 atom stereocenters. The summed E-state index contributed by atoms with van der Waals surface area (Å²) in [5, 5.41) is 4.48. The Bertz CT molecular complexity index is 698. The predicted molar refractivity (Wildman–Crippen MR) is 80.3 cm³/mol. The van der Waals surface area contributed by atoms with Crippen molar-refractivity contribution < 1.29 is 12.9 Å². The molecule has 6 nitrogen and oxygen atoms in total. The quantitative estimate of drug-likeness (QED) is 0.814. The summed E-state index contributed by atoms with van der Waals surface area (Å²) in [4.78, 5) is 4.22. The van der Waals surface area contributed by atoms with E-state index < -0.39 is 10.0 Å². The maximum Gasteiger partial charge on any atom is 0.242 e. The van der Waals surface area contributed by atoms with Gasteiger partial charge in [0.2, 0.25) is 21.7 Å². The molecule has 2 rings (SSSR count). The van der Waals surface area contributed by atoms with Crippen molar-refractivity contribution in [3.8, 4) is 11.4 Å². The lowest BCUT2D eigenvalue weighted by Crippen LogP contribution is -2.30. The van der Waals surface area contributed by atoms with Crippen LogP contribution in [-0.2, 0) is 16.6 Å². The van der Waals surface area contributed by atoms with Gasteiger partial charge in [0.25, 0.3) is 0 Å². The monoisotopic (exact) mass is 329 g/mol. The molecule has 0 aliphatic rings. The van der Waals surface area contributed by atoms with E-state index in [-0.39, 0.29) is 12.4 Å². The molecule has 2 aromatic rings. The van der Waals surface area contributed by atoms with Crippen LogP contribution in [0.1, 0.15) is 19.2 Å². The minimum atomic E-state index is -3.30. The van der Waals surface area contributed by atoms with Crippen molar-refractivity contribution in [2.24, 2.45) is 0 Å². The molecule has 0 N–H and O–H groups in total. The predicted octanol–water partition coefficient (Wildman–Crippen LogP) is 2.56. The van der Waals surface area contributed by atoms with Crippen LogP contribution in [0.2, 0.25) is 5.02 Å². The average molecular weight is 330 g/mol. The van der Waals surface area contributed by atoms with Gasteiger partial charge in [-0.2, -0.15) is 9.29 Å². The molecule has 0 fully saturated rings. The van der Waals surface area contributed by atoms with Gasteiger partial charge < -0.3 is 4.52 Å². The number of halogens is 1. The lowest BCUT2D eigenvalue weighted by molar-refractivity contribution is 0.316. The number of benzene rings is 1. The van der Waals surface area contributed by atoms with Crippen molar-refractivity contribution in [1.82, 2.24) is 14.4 Å². The highest BCUT2D eigenvalue weighted by Gasteiger charge is 2.19. The molecule has 0 saturated heterocycles. The second-order valence-electron chi connectivity index (χ2n) is 4.62. The van der Waals surface area contributed by atoms with Gasteiger partial charge in [0, 0.05) is 17.1 Å². The Kier molecular flexibility index (Phi) is 4.97. The van der Waals surface area contributed by atoms with Gasteiger partial charge in [-0.1, -0.05) is 23.7 Å². The third kappa shape index (κ3) is 4.26. The van der Waals surface area contributed by atoms with Gasteiger partial charge in [-0.15, -0.1) is 0 Å². The summed E-state index contributed by atoms with van der Waals surface area (Å²) < 4.78 is 29.8. The minimum absolute atomic E-state index is 0.0766. The molecule has 0 spiro atoms. The third-order valence-corrected chi connectivity index (χ3v) is 4.33. The fourth-order valence-electron chi connectivity index (χ4n) is 1.80. The fraction of sp³-hybridized carbons (Fsp3) is 0.385. The van der Waals surface area contributed by atoms with Crippen LogP contribution in [0.15, 0.2) is 28.8 Å². The molecular formula is C13H16ClN3O3S. The molecule has 8 heteroatoms. The smallest absolute Gasteiger partial charge is 0.242 e. The highest BCUT2D eigenvalue weighted by molar-refractivity contribution is 7.88. The summed E-state index contributed by atoms with van der Waals surface area (Å²) in [5.74, 6) is 0.672. The molecular weight excluding hydrogens is 314 g/mol. The molecule has 0 radical (unpaired) electrons. The van der Waals surface area contributed by atoms with E-state index in [1.165, 1.54) is 10.6 Å². The van der Waals surface area contributed by atoms with E-state index in [1.54, 1.807) is 24.3 Å². The molecule has 1 heterocycles. The molecule has 1 aromatic heterocycles. The molecule has 0 aliphatic heterocycles. The molecule has 0 unspecified atom stereocenters. The zero-order chi connectivity index (χ0) is 15.5. The van der Waals surface area contributed by atoms with Gasteiger partial charge in [0.1, 0.15) is 0 Å². The van der Waals surface area contributed by atoms with E-state index in [0.29, 0.717) is 23.8 Å². The molecule has 114 valence electrons. The first-order valence-electron chi connectivity index (χ1n) is 6.44. The lowest BCUT2D eigenvalue weighted by Gasteiger charge is -2.16. The lowest BCUT2D eigenvalue weighted by atomic mass is 10.2. The first-order chi connectivity index (χ1) is 9.90. The Morgan fingerprint density at radius 3 is 2.52 bits per heavy atom. The maximum absolute atomic E-state index is 11.7. The van der Waals surface area contributed by atoms with Crippen molar-refractivity contribution in [1.29, 1.82) is 0 Å². The van der Waals surface area contributed by atoms with Crippen LogP contribution >= 0.6 is 11.6 Å². The Labute approximate surface area is 128 Å². The number of aromatic nitrogens is 2. The minimum Gasteiger partial charge on any atom is -0.338 e. The molecule has 0 aliphatic carbocycles. The number of nitrogens with zero attached hydrogens (tertiary/aromatic N) is 3. The van der Waals surface area contributed by atoms with Gasteiger partial charge >= 0.3 is 0 Å². The zero-order valence-corrected chi connectivity index (χ0v) is 13.4. The van der Waals surface area contributed by atoms with E-state index in [4.69, 9.17) is 16.1 Å². The fourth-order valence-corrected chi connectivity index (χ4v) is 2.78. The Morgan fingerprint density at radius 2 is 1.95 bits per heavy atom. The maximum atomic E-state index is 11.7. The molecule has 1 aromatic carbocycles. The van der Waals surface area contributed by atoms with Crippen LogP contribution in [0.3, 0.4) is 0 Å². The largest absolute Gasteiger partial charge is 0.338 e. The van der Waals surface area contributed by atoms with Crippen LogP contribution in [0.25, 0.3) is 11.4 Å². The summed E-state index contributed by atoms with van der Waals surface area (Å²) in [6.45, 7) is 2.40. The van der Waals surface area contributed by atoms with Gasteiger partial charge in [0.05, 0.1) is 12.8 Å². The Hall–Kier alpha value is -1.44. The van der Waals surface area contributed by atoms with Gasteiger partial charge in [-0.05, 0) is 30.7 Å². The average Bonchev–Trinajstić information content (AvgIpc) is 2.87. The van der Waals surface area contributed by atoms with E-state index in [1.807, 2.05) is 6.92 Å². The Morgan fingerprint density at radius 1 is 1.29 bits per heavy atom. The second-order valence-corrected chi connectivity index (χ2v) is 7.03. The number of hydrogen-bond donors (Lipinski definition) is 0. The van der Waals surface area contributed by atoms with Crippen LogP contribution < -0.4 is 0 Å². The van der Waals surface area contributed by atoms with Crippen LogP contribution in [0, 0.1) is 0 Å². The highest BCUT2D eigenvalue weighted by atomic mass is 35.5. The molecule has 0 amide bonds. The van der Waals surface area contributed by atoms with Crippen molar-refractivity contribution in [2.75, 3.05) is 12.8 Å². The van der Waals surface area contributed by atoms with Crippen molar-refractivity contribution in [2.45, 2.75) is 19.9 Å². The van der Waals surface area contributed by atoms with Crippen LogP contribution in [0.4, 0.5) is 0 Å². The van der Waals surface area contributed by atoms with Gasteiger partial charge in [-0.3, -0.25) is 0 Å². The topological polar surface area (TPSA) is 76.3 Å². The first kappa shape index (κ1) is 15.9. The van der Waals surface area contributed by atoms with E-state index in [9.17, 15) is 8.42 Å². The normalized spacial score (nSPS) is 12.0. The van der Waals surface area contributed by atoms with Crippen molar-refractivity contribution >= 4 is 21.6 Å². The summed E-state index contributed by atoms with van der Waals surface area (Å²) >= 11 is 5.82. The summed E-state index contributed by atoms with van der Waals surface area (Å²) in [6, 6.07) is 7.01. The first-order valence-corrected chi connectivity index (χ1v) is 8.66. The standard InChI is InChI=1S/C13H16ClN3O3S/c1-3-8-17(21(2,18)19)9-12-15-13(16-20-12)10-4-6-11(14)7-5-10/h4-7H,3,8-9H2,1-2H3. The number of hydrogen-bond acceptors (Lipinski definition) is 5. The van der Waals surface area contributed by atoms with Crippen molar-refractivity contribution in [3.63, 3.8) is 0 Å². The zero-order valence-electron chi connectivity index (χ0n) is 11.8. The van der Waals surface area contributed by atoms with Crippen molar-refractivity contribution in [3.05, 3.63) is 35.2 Å². The molecule has 0 bridgehead atoms. The van der Waals surface area contributed by atoms with Crippen LogP contribution in [-0.4, -0.2) is 35.7 Å². The second kappa shape index (κ2) is 6.55. The molecule has 0 saturated carbocycles. The summed E-state index contributed by atoms with van der Waals surface area (Å²) in [5.41, 5.74) is 0.760. The number of rotatable bonds is 6. The third-order valence-electron chi connectivity index (χ3n) is 2.82. The van der Waals surface area contributed by atoms with Gasteiger partial charge in [-0.25, -0.2) is 8.42 Å². The summed E-state index contributed by atoms with van der Waals surface area (Å²) in [7, 11) is -3.30. The van der Waals surface area contributed by atoms with Crippen LogP contribution in [0.5, 0.6) is 0 Å². The summed E-state index contributed by atoms with van der Waals surface area (Å²) in [6.07, 6.45) is 1.88. The van der Waals surface area contributed by atoms with E-state index >= 15 is 0 Å². The highest BCUT2D eigenvalue weighted by Crippen LogP contribution is 2.19. The van der Waals surface area contributed by atoms with E-state index in [0.717, 1.165) is 5.56 Å². The number of sulfonamides is 1. The Balaban J connectivity index is 2.17. The van der Waals surface area contributed by atoms with E-state index in [2.05, 4.69) is 10.1 Å². The molecule has 21 heavy (non-hydrogen) atoms. The van der Waals surface area contributed by atoms with Gasteiger partial charge in [0.15, 0.2) is 0 Å².